The first-order chi connectivity index (χ1) is 12.3. The van der Waals surface area contributed by atoms with E-state index in [2.05, 4.69) is 5.32 Å². The summed E-state index contributed by atoms with van der Waals surface area (Å²) in [5, 5.41) is 12.5. The minimum absolute atomic E-state index is 0.0469. The first-order valence-electron chi connectivity index (χ1n) is 8.86. The molecule has 0 radical (unpaired) electrons. The molecule has 0 aromatic carbocycles. The number of carbonyl (C=O) groups is 1. The number of pyridine rings is 1. The van der Waals surface area contributed by atoms with E-state index >= 15 is 0 Å². The lowest BCUT2D eigenvalue weighted by Crippen LogP contribution is -2.37. The molecule has 1 amide bonds. The third kappa shape index (κ3) is 4.01. The Morgan fingerprint density at radius 3 is 2.92 bits per heavy atom. The highest BCUT2D eigenvalue weighted by Gasteiger charge is 2.39. The summed E-state index contributed by atoms with van der Waals surface area (Å²) in [7, 11) is 0. The van der Waals surface area contributed by atoms with Crippen molar-refractivity contribution >= 4 is 23.0 Å². The summed E-state index contributed by atoms with van der Waals surface area (Å²) in [5.74, 6) is -3.28. The molecule has 0 saturated heterocycles. The van der Waals surface area contributed by atoms with Gasteiger partial charge in [-0.15, -0.1) is 0 Å². The number of nitrogens with one attached hydrogen (secondary N) is 1. The average molecular weight is 385 g/mol. The molecule has 2 atom stereocenters. The molecular formula is C19H23ClF2N2O2. The molecule has 26 heavy (non-hydrogen) atoms. The van der Waals surface area contributed by atoms with Crippen molar-refractivity contribution in [3.63, 3.8) is 0 Å². The molecule has 3 rings (SSSR count). The Balaban J connectivity index is 1.78. The normalized spacial score (nSPS) is 22.5. The van der Waals surface area contributed by atoms with Crippen molar-refractivity contribution < 1.29 is 18.7 Å². The van der Waals surface area contributed by atoms with Crippen LogP contribution in [0.5, 0.6) is 0 Å². The number of hydrogen-bond acceptors (Lipinski definition) is 2. The van der Waals surface area contributed by atoms with Gasteiger partial charge in [0.2, 0.25) is 5.92 Å². The fraction of sp³-hybridized carbons (Fsp3) is 0.526. The highest BCUT2D eigenvalue weighted by Crippen LogP contribution is 2.39. The van der Waals surface area contributed by atoms with E-state index in [-0.39, 0.29) is 43.7 Å². The monoisotopic (exact) mass is 384 g/mol. The topological polar surface area (TPSA) is 53.7 Å². The Bertz CT molecular complexity index is 806. The molecule has 2 heterocycles. The molecule has 7 heteroatoms. The van der Waals surface area contributed by atoms with Crippen LogP contribution in [0.4, 0.5) is 8.78 Å². The van der Waals surface area contributed by atoms with Crippen LogP contribution in [0.15, 0.2) is 24.4 Å². The van der Waals surface area contributed by atoms with Crippen LogP contribution in [-0.2, 0) is 6.42 Å². The molecule has 1 aliphatic carbocycles. The lowest BCUT2D eigenvalue weighted by molar-refractivity contribution is -0.0685. The van der Waals surface area contributed by atoms with Gasteiger partial charge in [0.1, 0.15) is 0 Å². The summed E-state index contributed by atoms with van der Waals surface area (Å²) >= 11 is 6.26. The van der Waals surface area contributed by atoms with Crippen LogP contribution in [0, 0.1) is 11.8 Å². The van der Waals surface area contributed by atoms with Crippen LogP contribution in [0.2, 0.25) is 5.02 Å². The number of nitrogens with zero attached hydrogens (tertiary/aromatic N) is 1. The van der Waals surface area contributed by atoms with Crippen molar-refractivity contribution in [2.75, 3.05) is 13.2 Å². The van der Waals surface area contributed by atoms with Crippen LogP contribution in [0.25, 0.3) is 5.52 Å². The van der Waals surface area contributed by atoms with Gasteiger partial charge in [0.05, 0.1) is 16.1 Å². The summed E-state index contributed by atoms with van der Waals surface area (Å²) in [5.41, 5.74) is 1.74. The van der Waals surface area contributed by atoms with Crippen molar-refractivity contribution in [3.8, 4) is 0 Å². The van der Waals surface area contributed by atoms with Gasteiger partial charge in [-0.1, -0.05) is 18.5 Å². The third-order valence-corrected chi connectivity index (χ3v) is 5.26. The fourth-order valence-corrected chi connectivity index (χ4v) is 4.27. The van der Waals surface area contributed by atoms with Gasteiger partial charge < -0.3 is 14.8 Å². The minimum atomic E-state index is -2.66. The van der Waals surface area contributed by atoms with E-state index in [9.17, 15) is 18.7 Å². The van der Waals surface area contributed by atoms with E-state index in [4.69, 9.17) is 11.6 Å². The molecule has 4 nitrogen and oxygen atoms in total. The number of carbonyl (C=O) groups excluding carboxylic acids is 1. The maximum Gasteiger partial charge on any atom is 0.253 e. The summed E-state index contributed by atoms with van der Waals surface area (Å²) < 4.78 is 29.3. The molecule has 1 fully saturated rings. The second-order valence-corrected chi connectivity index (χ2v) is 7.69. The van der Waals surface area contributed by atoms with Crippen molar-refractivity contribution in [3.05, 3.63) is 40.7 Å². The van der Waals surface area contributed by atoms with Gasteiger partial charge in [0.15, 0.2) is 0 Å². The SMILES string of the molecule is CC1CC(CNC(=O)c2cc(CCO)n3cccc(Cl)c23)CC(F)(F)C1. The van der Waals surface area contributed by atoms with E-state index in [1.807, 2.05) is 6.92 Å². The Morgan fingerprint density at radius 1 is 1.46 bits per heavy atom. The third-order valence-electron chi connectivity index (χ3n) is 4.95. The summed E-state index contributed by atoms with van der Waals surface area (Å²) in [6.45, 7) is 1.99. The molecule has 0 aliphatic heterocycles. The van der Waals surface area contributed by atoms with Crippen molar-refractivity contribution in [2.24, 2.45) is 11.8 Å². The number of hydrogen-bond donors (Lipinski definition) is 2. The molecule has 142 valence electrons. The van der Waals surface area contributed by atoms with Crippen LogP contribution in [-0.4, -0.2) is 34.5 Å². The first-order valence-corrected chi connectivity index (χ1v) is 9.24. The highest BCUT2D eigenvalue weighted by atomic mass is 35.5. The molecule has 2 aromatic heterocycles. The van der Waals surface area contributed by atoms with E-state index < -0.39 is 5.92 Å². The van der Waals surface area contributed by atoms with Crippen LogP contribution < -0.4 is 5.32 Å². The number of aliphatic hydroxyl groups excluding tert-OH is 1. The van der Waals surface area contributed by atoms with Crippen LogP contribution >= 0.6 is 11.6 Å². The van der Waals surface area contributed by atoms with Gasteiger partial charge in [-0.25, -0.2) is 8.78 Å². The van der Waals surface area contributed by atoms with Gasteiger partial charge in [-0.3, -0.25) is 4.79 Å². The Labute approximate surface area is 156 Å². The largest absolute Gasteiger partial charge is 0.396 e. The maximum absolute atomic E-state index is 13.7. The van der Waals surface area contributed by atoms with Gasteiger partial charge in [0.25, 0.3) is 5.91 Å². The number of aliphatic hydroxyl groups is 1. The Hall–Kier alpha value is -1.66. The fourth-order valence-electron chi connectivity index (χ4n) is 4.00. The molecule has 1 aliphatic rings. The number of fused-ring (bicyclic) bond motifs is 1. The van der Waals surface area contributed by atoms with Crippen molar-refractivity contribution in [2.45, 2.75) is 38.5 Å². The molecule has 0 spiro atoms. The van der Waals surface area contributed by atoms with Crippen LogP contribution in [0.3, 0.4) is 0 Å². The highest BCUT2D eigenvalue weighted by molar-refractivity contribution is 6.34. The maximum atomic E-state index is 13.7. The molecule has 2 aromatic rings. The molecule has 1 saturated carbocycles. The van der Waals surface area contributed by atoms with E-state index in [1.165, 1.54) is 0 Å². The van der Waals surface area contributed by atoms with E-state index in [0.29, 0.717) is 28.9 Å². The zero-order valence-electron chi connectivity index (χ0n) is 14.6. The van der Waals surface area contributed by atoms with Gasteiger partial charge in [0, 0.05) is 44.3 Å². The molecule has 2 unspecified atom stereocenters. The smallest absolute Gasteiger partial charge is 0.253 e. The second-order valence-electron chi connectivity index (χ2n) is 7.28. The predicted molar refractivity (Wildman–Crippen MR) is 97.0 cm³/mol. The average Bonchev–Trinajstić information content (AvgIpc) is 2.91. The quantitative estimate of drug-likeness (QED) is 0.820. The number of rotatable bonds is 5. The second kappa shape index (κ2) is 7.53. The summed E-state index contributed by atoms with van der Waals surface area (Å²) in [6, 6.07) is 5.16. The van der Waals surface area contributed by atoms with Crippen molar-refractivity contribution in [1.82, 2.24) is 9.72 Å². The molecular weight excluding hydrogens is 362 g/mol. The Morgan fingerprint density at radius 2 is 2.23 bits per heavy atom. The number of amides is 1. The van der Waals surface area contributed by atoms with Crippen LogP contribution in [0.1, 0.15) is 42.2 Å². The zero-order valence-corrected chi connectivity index (χ0v) is 15.4. The summed E-state index contributed by atoms with van der Waals surface area (Å²) in [6.07, 6.45) is 2.59. The lowest BCUT2D eigenvalue weighted by Gasteiger charge is -2.33. The number of halogens is 3. The lowest BCUT2D eigenvalue weighted by atomic mass is 9.80. The number of alkyl halides is 2. The zero-order chi connectivity index (χ0) is 18.9. The predicted octanol–water partition coefficient (Wildman–Crippen LogP) is 3.93. The standard InChI is InChI=1S/C19H23ClF2N2O2/c1-12-7-13(10-19(21,22)9-12)11-23-18(26)15-8-14(4-6-25)24-5-2-3-16(20)17(15)24/h2-3,5,8,12-13,25H,4,6-7,9-11H2,1H3,(H,23,26). The molecule has 0 bridgehead atoms. The molecule has 2 N–H and O–H groups in total. The van der Waals surface area contributed by atoms with Gasteiger partial charge in [-0.05, 0) is 36.5 Å². The van der Waals surface area contributed by atoms with E-state index in [0.717, 1.165) is 5.69 Å². The van der Waals surface area contributed by atoms with Gasteiger partial charge >= 0.3 is 0 Å². The van der Waals surface area contributed by atoms with Crippen molar-refractivity contribution in [1.29, 1.82) is 0 Å². The van der Waals surface area contributed by atoms with E-state index in [1.54, 1.807) is 28.8 Å². The first kappa shape index (κ1) is 19.1. The Kier molecular flexibility index (Phi) is 5.53. The minimum Gasteiger partial charge on any atom is -0.396 e. The number of aromatic nitrogens is 1. The summed E-state index contributed by atoms with van der Waals surface area (Å²) in [4.78, 5) is 12.7. The van der Waals surface area contributed by atoms with Gasteiger partial charge in [-0.2, -0.15) is 0 Å².